The zero-order valence-electron chi connectivity index (χ0n) is 20.5. The standard InChI is InChI=1S/C26H22F3N9/c1-31-21-13-37(7-5-17(21)27)25-26-33-23(14-3-4-15(12-30)18(28)9-14)24(38(26)8-6-32-25)16-10-20-22(11-19(16)29)36(2)35-34-20/h3-4,6,8-11,17,21,31H,5,7,13H2,1-2H3/t17-,21+/m1/s1. The fourth-order valence-corrected chi connectivity index (χ4v) is 5.02. The fraction of sp³-hybridized carbons (Fsp3) is 0.269. The first-order chi connectivity index (χ1) is 18.4. The molecule has 12 heteroatoms. The van der Waals surface area contributed by atoms with Gasteiger partial charge in [-0.3, -0.25) is 4.40 Å². The summed E-state index contributed by atoms with van der Waals surface area (Å²) in [5.74, 6) is -0.743. The van der Waals surface area contributed by atoms with E-state index in [0.29, 0.717) is 59.0 Å². The summed E-state index contributed by atoms with van der Waals surface area (Å²) in [6, 6.07) is 8.50. The lowest BCUT2D eigenvalue weighted by Gasteiger charge is -2.35. The van der Waals surface area contributed by atoms with E-state index in [4.69, 9.17) is 4.98 Å². The molecule has 1 aliphatic rings. The van der Waals surface area contributed by atoms with Gasteiger partial charge in [-0.25, -0.2) is 27.8 Å². The highest BCUT2D eigenvalue weighted by molar-refractivity contribution is 5.89. The number of benzene rings is 2. The first kappa shape index (κ1) is 23.9. The quantitative estimate of drug-likeness (QED) is 0.389. The average Bonchev–Trinajstić information content (AvgIpc) is 3.48. The number of aromatic nitrogens is 6. The number of rotatable bonds is 4. The number of nitrogens with zero attached hydrogens (tertiary/aromatic N) is 8. The molecule has 1 aliphatic heterocycles. The molecule has 1 saturated heterocycles. The minimum absolute atomic E-state index is 0.110. The molecule has 0 bridgehead atoms. The molecule has 0 aliphatic carbocycles. The fourth-order valence-electron chi connectivity index (χ4n) is 5.02. The topological polar surface area (TPSA) is 100.0 Å². The lowest BCUT2D eigenvalue weighted by Crippen LogP contribution is -2.51. The molecule has 2 aromatic carbocycles. The van der Waals surface area contributed by atoms with E-state index in [1.54, 1.807) is 43.0 Å². The van der Waals surface area contributed by atoms with E-state index in [9.17, 15) is 14.0 Å². The van der Waals surface area contributed by atoms with Crippen LogP contribution in [0.2, 0.25) is 0 Å². The molecule has 3 aromatic heterocycles. The number of halogens is 3. The van der Waals surface area contributed by atoms with Gasteiger partial charge in [-0.2, -0.15) is 5.26 Å². The Balaban J connectivity index is 1.61. The van der Waals surface area contributed by atoms with Crippen molar-refractivity contribution in [3.8, 4) is 28.6 Å². The molecule has 0 amide bonds. The zero-order valence-corrected chi connectivity index (χ0v) is 20.5. The number of nitrogens with one attached hydrogen (secondary N) is 1. The minimum Gasteiger partial charge on any atom is -0.352 e. The van der Waals surface area contributed by atoms with Gasteiger partial charge in [-0.1, -0.05) is 11.3 Å². The van der Waals surface area contributed by atoms with E-state index in [2.05, 4.69) is 20.6 Å². The van der Waals surface area contributed by atoms with Crippen molar-refractivity contribution in [2.75, 3.05) is 25.0 Å². The van der Waals surface area contributed by atoms with Crippen LogP contribution in [0.3, 0.4) is 0 Å². The lowest BCUT2D eigenvalue weighted by molar-refractivity contribution is 0.222. The normalized spacial score (nSPS) is 17.8. The van der Waals surface area contributed by atoms with Crippen molar-refractivity contribution in [3.05, 3.63) is 59.9 Å². The zero-order chi connectivity index (χ0) is 26.6. The van der Waals surface area contributed by atoms with Gasteiger partial charge in [0.2, 0.25) is 0 Å². The maximum atomic E-state index is 15.7. The van der Waals surface area contributed by atoms with Gasteiger partial charge in [-0.15, -0.1) is 5.10 Å². The Morgan fingerprint density at radius 2 is 2.00 bits per heavy atom. The van der Waals surface area contributed by atoms with Gasteiger partial charge in [-0.05, 0) is 31.7 Å². The molecule has 0 radical (unpaired) electrons. The van der Waals surface area contributed by atoms with Crippen LogP contribution in [0.5, 0.6) is 0 Å². The lowest BCUT2D eigenvalue weighted by atomic mass is 10.0. The highest BCUT2D eigenvalue weighted by Gasteiger charge is 2.31. The van der Waals surface area contributed by atoms with Gasteiger partial charge < -0.3 is 10.2 Å². The van der Waals surface area contributed by atoms with Crippen molar-refractivity contribution in [3.63, 3.8) is 0 Å². The van der Waals surface area contributed by atoms with Crippen molar-refractivity contribution in [1.82, 2.24) is 34.7 Å². The second kappa shape index (κ2) is 9.11. The molecular formula is C26H22F3N9. The SMILES string of the molecule is CN[C@H]1CN(c2nccn3c(-c4cc5nnn(C)c5cc4F)c(-c4ccc(C#N)c(F)c4)nc23)CC[C@H]1F. The molecule has 0 saturated carbocycles. The number of alkyl halides is 1. The van der Waals surface area contributed by atoms with Crippen molar-refractivity contribution in [2.24, 2.45) is 7.05 Å². The number of hydrogen-bond acceptors (Lipinski definition) is 7. The number of imidazole rings is 1. The molecule has 1 fully saturated rings. The number of piperidine rings is 1. The van der Waals surface area contributed by atoms with E-state index < -0.39 is 17.8 Å². The summed E-state index contributed by atoms with van der Waals surface area (Å²) in [6.07, 6.45) is 2.55. The maximum absolute atomic E-state index is 15.7. The molecule has 2 atom stereocenters. The van der Waals surface area contributed by atoms with Crippen LogP contribution in [0.4, 0.5) is 19.0 Å². The summed E-state index contributed by atoms with van der Waals surface area (Å²) in [6.45, 7) is 0.794. The van der Waals surface area contributed by atoms with Crippen LogP contribution >= 0.6 is 0 Å². The molecule has 1 N–H and O–H groups in total. The van der Waals surface area contributed by atoms with Crippen molar-refractivity contribution in [1.29, 1.82) is 5.26 Å². The van der Waals surface area contributed by atoms with Crippen LogP contribution in [0.25, 0.3) is 39.2 Å². The van der Waals surface area contributed by atoms with Gasteiger partial charge in [0.25, 0.3) is 0 Å². The maximum Gasteiger partial charge on any atom is 0.181 e. The van der Waals surface area contributed by atoms with Crippen LogP contribution < -0.4 is 10.2 Å². The first-order valence-corrected chi connectivity index (χ1v) is 12.0. The third-order valence-corrected chi connectivity index (χ3v) is 7.04. The van der Waals surface area contributed by atoms with Crippen LogP contribution in [0.1, 0.15) is 12.0 Å². The molecule has 5 aromatic rings. The van der Waals surface area contributed by atoms with E-state index in [1.165, 1.54) is 22.9 Å². The summed E-state index contributed by atoms with van der Waals surface area (Å²) in [4.78, 5) is 11.3. The van der Waals surface area contributed by atoms with Gasteiger partial charge in [0, 0.05) is 49.7 Å². The van der Waals surface area contributed by atoms with E-state index in [0.717, 1.165) is 0 Å². The Kier molecular flexibility index (Phi) is 5.72. The Morgan fingerprint density at radius 1 is 1.16 bits per heavy atom. The minimum atomic E-state index is -0.990. The number of anilines is 1. The Labute approximate surface area is 215 Å². The van der Waals surface area contributed by atoms with Crippen LogP contribution in [-0.4, -0.2) is 61.7 Å². The van der Waals surface area contributed by atoms with Crippen LogP contribution in [0, 0.1) is 23.0 Å². The highest BCUT2D eigenvalue weighted by atomic mass is 19.1. The van der Waals surface area contributed by atoms with E-state index >= 15 is 4.39 Å². The van der Waals surface area contributed by atoms with Crippen LogP contribution in [-0.2, 0) is 7.05 Å². The predicted molar refractivity (Wildman–Crippen MR) is 135 cm³/mol. The predicted octanol–water partition coefficient (Wildman–Crippen LogP) is 3.63. The Hall–Kier alpha value is -4.50. The molecule has 0 spiro atoms. The van der Waals surface area contributed by atoms with E-state index in [1.807, 2.05) is 11.0 Å². The number of likely N-dealkylation sites (N-methyl/N-ethyl adjacent to an activating group) is 1. The van der Waals surface area contributed by atoms with Crippen LogP contribution in [0.15, 0.2) is 42.7 Å². The molecular weight excluding hydrogens is 495 g/mol. The highest BCUT2D eigenvalue weighted by Crippen LogP contribution is 2.38. The summed E-state index contributed by atoms with van der Waals surface area (Å²) in [5.41, 5.74) is 2.51. The molecule has 192 valence electrons. The summed E-state index contributed by atoms with van der Waals surface area (Å²) in [5, 5.41) is 20.3. The van der Waals surface area contributed by atoms with Gasteiger partial charge in [0.05, 0.1) is 28.5 Å². The monoisotopic (exact) mass is 517 g/mol. The molecule has 4 heterocycles. The summed E-state index contributed by atoms with van der Waals surface area (Å²) >= 11 is 0. The van der Waals surface area contributed by atoms with Crippen molar-refractivity contribution in [2.45, 2.75) is 18.6 Å². The van der Waals surface area contributed by atoms with Gasteiger partial charge in [0.1, 0.15) is 29.4 Å². The second-order valence-corrected chi connectivity index (χ2v) is 9.24. The van der Waals surface area contributed by atoms with Gasteiger partial charge >= 0.3 is 0 Å². The molecule has 9 nitrogen and oxygen atoms in total. The third-order valence-electron chi connectivity index (χ3n) is 7.04. The summed E-state index contributed by atoms with van der Waals surface area (Å²) in [7, 11) is 3.38. The number of hydrogen-bond donors (Lipinski definition) is 1. The van der Waals surface area contributed by atoms with Gasteiger partial charge in [0.15, 0.2) is 11.5 Å². The Bertz CT molecular complexity index is 1740. The van der Waals surface area contributed by atoms with Crippen molar-refractivity contribution >= 4 is 22.5 Å². The number of aryl methyl sites for hydroxylation is 1. The largest absolute Gasteiger partial charge is 0.352 e. The molecule has 6 rings (SSSR count). The Morgan fingerprint density at radius 3 is 2.76 bits per heavy atom. The molecule has 38 heavy (non-hydrogen) atoms. The average molecular weight is 518 g/mol. The van der Waals surface area contributed by atoms with E-state index in [-0.39, 0.29) is 17.2 Å². The second-order valence-electron chi connectivity index (χ2n) is 9.24. The number of nitriles is 1. The summed E-state index contributed by atoms with van der Waals surface area (Å²) < 4.78 is 47.9. The first-order valence-electron chi connectivity index (χ1n) is 12.0. The van der Waals surface area contributed by atoms with Crippen molar-refractivity contribution < 1.29 is 13.2 Å². The number of fused-ring (bicyclic) bond motifs is 2. The third kappa shape index (κ3) is 3.74. The smallest absolute Gasteiger partial charge is 0.181 e. The molecule has 0 unspecified atom stereocenters.